The highest BCUT2D eigenvalue weighted by Crippen LogP contribution is 2.12. The van der Waals surface area contributed by atoms with E-state index in [1.54, 1.807) is 7.05 Å². The number of benzene rings is 1. The molecule has 1 aromatic carbocycles. The van der Waals surface area contributed by atoms with Gasteiger partial charge in [0.2, 0.25) is 0 Å². The smallest absolute Gasteiger partial charge is 0.294 e. The predicted octanol–water partition coefficient (Wildman–Crippen LogP) is 2.24. The van der Waals surface area contributed by atoms with E-state index in [1.165, 1.54) is 10.7 Å². The lowest BCUT2D eigenvalue weighted by atomic mass is 10.2. The van der Waals surface area contributed by atoms with Crippen LogP contribution in [0, 0.1) is 6.92 Å². The van der Waals surface area contributed by atoms with Crippen molar-refractivity contribution in [3.8, 4) is 5.69 Å². The van der Waals surface area contributed by atoms with Gasteiger partial charge in [-0.25, -0.2) is 0 Å². The summed E-state index contributed by atoms with van der Waals surface area (Å²) in [4.78, 5) is 12.0. The number of hydrogen-bond acceptors (Lipinski definition) is 3. The molecule has 0 saturated heterocycles. The van der Waals surface area contributed by atoms with E-state index in [1.807, 2.05) is 31.2 Å². The van der Waals surface area contributed by atoms with Crippen molar-refractivity contribution >= 4 is 17.3 Å². The maximum Gasteiger partial charge on any atom is 0.294 e. The fourth-order valence-corrected chi connectivity index (χ4v) is 1.76. The Kier molecular flexibility index (Phi) is 3.15. The highest BCUT2D eigenvalue weighted by molar-refractivity contribution is 6.29. The van der Waals surface area contributed by atoms with Crippen molar-refractivity contribution in [2.24, 2.45) is 0 Å². The fourth-order valence-electron chi connectivity index (χ4n) is 1.58. The van der Waals surface area contributed by atoms with E-state index in [0.29, 0.717) is 11.4 Å². The maximum absolute atomic E-state index is 12.0. The van der Waals surface area contributed by atoms with Gasteiger partial charge in [0.05, 0.1) is 5.69 Å². The van der Waals surface area contributed by atoms with Crippen LogP contribution in [0.15, 0.2) is 35.1 Å². The largest absolute Gasteiger partial charge is 0.384 e. The normalized spacial score (nSPS) is 10.3. The lowest BCUT2D eigenvalue weighted by Gasteiger charge is -2.08. The molecule has 0 aliphatic heterocycles. The molecular formula is C12H12ClN3O. The molecule has 0 radical (unpaired) electrons. The third-order valence-electron chi connectivity index (χ3n) is 2.40. The highest BCUT2D eigenvalue weighted by atomic mass is 35.5. The molecule has 4 nitrogen and oxygen atoms in total. The molecular weight excluding hydrogens is 238 g/mol. The number of rotatable bonds is 2. The summed E-state index contributed by atoms with van der Waals surface area (Å²) in [6, 6.07) is 9.04. The van der Waals surface area contributed by atoms with E-state index < -0.39 is 0 Å². The van der Waals surface area contributed by atoms with Gasteiger partial charge in [-0.1, -0.05) is 23.7 Å². The van der Waals surface area contributed by atoms with Gasteiger partial charge >= 0.3 is 0 Å². The van der Waals surface area contributed by atoms with Crippen LogP contribution in [-0.4, -0.2) is 16.8 Å². The van der Waals surface area contributed by atoms with Crippen LogP contribution in [-0.2, 0) is 0 Å². The van der Waals surface area contributed by atoms with E-state index in [2.05, 4.69) is 10.4 Å². The second-order valence-electron chi connectivity index (χ2n) is 3.69. The van der Waals surface area contributed by atoms with Crippen LogP contribution >= 0.6 is 11.6 Å². The van der Waals surface area contributed by atoms with Crippen LogP contribution in [0.4, 0.5) is 5.69 Å². The average Bonchev–Trinajstić information content (AvgIpc) is 2.31. The minimum absolute atomic E-state index is 0.220. The lowest BCUT2D eigenvalue weighted by Crippen LogP contribution is -2.23. The van der Waals surface area contributed by atoms with Gasteiger partial charge in [0, 0.05) is 13.1 Å². The number of aromatic nitrogens is 2. The Bertz CT molecular complexity index is 607. The Morgan fingerprint density at radius 3 is 2.76 bits per heavy atom. The van der Waals surface area contributed by atoms with Gasteiger partial charge in [-0.3, -0.25) is 4.79 Å². The van der Waals surface area contributed by atoms with Crippen molar-refractivity contribution in [3.63, 3.8) is 0 Å². The van der Waals surface area contributed by atoms with Crippen molar-refractivity contribution in [1.29, 1.82) is 0 Å². The molecule has 2 aromatic rings. The minimum atomic E-state index is -0.220. The quantitative estimate of drug-likeness (QED) is 0.888. The number of nitrogens with one attached hydrogen (secondary N) is 1. The molecule has 5 heteroatoms. The van der Waals surface area contributed by atoms with E-state index in [9.17, 15) is 4.79 Å². The zero-order valence-corrected chi connectivity index (χ0v) is 10.3. The number of aryl methyl sites for hydroxylation is 1. The van der Waals surface area contributed by atoms with Gasteiger partial charge in [0.15, 0.2) is 5.15 Å². The molecule has 0 spiro atoms. The summed E-state index contributed by atoms with van der Waals surface area (Å²) in [6.07, 6.45) is 0. The average molecular weight is 250 g/mol. The number of anilines is 1. The van der Waals surface area contributed by atoms with E-state index in [4.69, 9.17) is 11.6 Å². The van der Waals surface area contributed by atoms with Gasteiger partial charge in [0.1, 0.15) is 5.69 Å². The zero-order valence-electron chi connectivity index (χ0n) is 9.57. The van der Waals surface area contributed by atoms with Gasteiger partial charge in [0.25, 0.3) is 5.56 Å². The Morgan fingerprint density at radius 1 is 1.35 bits per heavy atom. The minimum Gasteiger partial charge on any atom is -0.384 e. The Labute approximate surface area is 104 Å². The number of nitrogens with zero attached hydrogens (tertiary/aromatic N) is 2. The molecule has 0 aliphatic carbocycles. The van der Waals surface area contributed by atoms with Crippen molar-refractivity contribution in [1.82, 2.24) is 9.78 Å². The van der Waals surface area contributed by atoms with E-state index in [-0.39, 0.29) is 10.7 Å². The molecule has 0 bridgehead atoms. The molecule has 0 aliphatic rings. The van der Waals surface area contributed by atoms with Crippen molar-refractivity contribution in [2.75, 3.05) is 12.4 Å². The molecule has 1 heterocycles. The molecule has 17 heavy (non-hydrogen) atoms. The molecule has 1 N–H and O–H groups in total. The van der Waals surface area contributed by atoms with Gasteiger partial charge in [-0.15, -0.1) is 0 Å². The Morgan fingerprint density at radius 2 is 2.12 bits per heavy atom. The Balaban J connectivity index is 2.67. The zero-order chi connectivity index (χ0) is 12.4. The molecule has 0 amide bonds. The summed E-state index contributed by atoms with van der Waals surface area (Å²) >= 11 is 5.88. The predicted molar refractivity (Wildman–Crippen MR) is 69.1 cm³/mol. The topological polar surface area (TPSA) is 46.9 Å². The van der Waals surface area contributed by atoms with Crippen LogP contribution < -0.4 is 10.9 Å². The van der Waals surface area contributed by atoms with Crippen molar-refractivity contribution in [2.45, 2.75) is 6.92 Å². The lowest BCUT2D eigenvalue weighted by molar-refractivity contribution is 0.809. The van der Waals surface area contributed by atoms with Crippen LogP contribution in [0.3, 0.4) is 0 Å². The van der Waals surface area contributed by atoms with Crippen molar-refractivity contribution < 1.29 is 0 Å². The van der Waals surface area contributed by atoms with Crippen LogP contribution in [0.25, 0.3) is 5.69 Å². The highest BCUT2D eigenvalue weighted by Gasteiger charge is 2.07. The van der Waals surface area contributed by atoms with E-state index >= 15 is 0 Å². The third-order valence-corrected chi connectivity index (χ3v) is 2.58. The first-order valence-corrected chi connectivity index (χ1v) is 5.54. The standard InChI is InChI=1S/C12H12ClN3O/c1-8-4-3-5-9(6-8)16-12(17)10(14-2)7-11(13)15-16/h3-7,14H,1-2H3. The van der Waals surface area contributed by atoms with Crippen LogP contribution in [0.2, 0.25) is 5.15 Å². The molecule has 0 saturated carbocycles. The number of halogens is 1. The third kappa shape index (κ3) is 2.31. The molecule has 0 atom stereocenters. The van der Waals surface area contributed by atoms with Crippen LogP contribution in [0.1, 0.15) is 5.56 Å². The van der Waals surface area contributed by atoms with Crippen LogP contribution in [0.5, 0.6) is 0 Å². The summed E-state index contributed by atoms with van der Waals surface area (Å²) in [7, 11) is 1.67. The second kappa shape index (κ2) is 4.59. The van der Waals surface area contributed by atoms with Gasteiger partial charge in [-0.2, -0.15) is 9.78 Å². The first-order valence-electron chi connectivity index (χ1n) is 5.16. The summed E-state index contributed by atoms with van der Waals surface area (Å²) in [6.45, 7) is 1.96. The first kappa shape index (κ1) is 11.7. The monoisotopic (exact) mass is 249 g/mol. The summed E-state index contributed by atoms with van der Waals surface area (Å²) < 4.78 is 1.29. The SMILES string of the molecule is CNc1cc(Cl)nn(-c2cccc(C)c2)c1=O. The fraction of sp³-hybridized carbons (Fsp3) is 0.167. The van der Waals surface area contributed by atoms with Gasteiger partial charge < -0.3 is 5.32 Å². The first-order chi connectivity index (χ1) is 8.11. The maximum atomic E-state index is 12.0. The van der Waals surface area contributed by atoms with Crippen molar-refractivity contribution in [3.05, 3.63) is 51.4 Å². The summed E-state index contributed by atoms with van der Waals surface area (Å²) in [5, 5.41) is 7.10. The molecule has 1 aromatic heterocycles. The van der Waals surface area contributed by atoms with Gasteiger partial charge in [-0.05, 0) is 24.6 Å². The number of hydrogen-bond donors (Lipinski definition) is 1. The second-order valence-corrected chi connectivity index (χ2v) is 4.07. The molecule has 88 valence electrons. The molecule has 2 rings (SSSR count). The molecule has 0 unspecified atom stereocenters. The Hall–Kier alpha value is -1.81. The molecule has 0 fully saturated rings. The summed E-state index contributed by atoms with van der Waals surface area (Å²) in [5.41, 5.74) is 1.96. The summed E-state index contributed by atoms with van der Waals surface area (Å²) in [5.74, 6) is 0. The van der Waals surface area contributed by atoms with E-state index in [0.717, 1.165) is 5.56 Å².